The fourth-order valence-corrected chi connectivity index (χ4v) is 4.84. The molecule has 0 saturated carbocycles. The molecule has 0 aromatic carbocycles. The number of aliphatic carboxylic acids is 1. The number of carbonyl (C=O) groups excluding carboxylic acids is 3. The number of carboxylic acids is 1. The minimum absolute atomic E-state index is 0.233. The molecule has 2 heterocycles. The van der Waals surface area contributed by atoms with Gasteiger partial charge in [0.15, 0.2) is 0 Å². The molecule has 0 aliphatic carbocycles. The summed E-state index contributed by atoms with van der Waals surface area (Å²) in [4.78, 5) is 53.4. The number of hydrogen-bond donors (Lipinski definition) is 3. The molecule has 0 aromatic heterocycles. The second-order valence-electron chi connectivity index (χ2n) is 8.80. The van der Waals surface area contributed by atoms with Crippen molar-refractivity contribution in [3.05, 3.63) is 0 Å². The van der Waals surface area contributed by atoms with Crippen molar-refractivity contribution in [2.24, 2.45) is 11.7 Å². The Morgan fingerprint density at radius 1 is 1.06 bits per heavy atom. The average molecular weight is 457 g/mol. The van der Waals surface area contributed by atoms with Gasteiger partial charge in [0.25, 0.3) is 0 Å². The zero-order chi connectivity index (χ0) is 23.1. The minimum Gasteiger partial charge on any atom is -0.480 e. The minimum atomic E-state index is -1.02. The first-order valence-corrected chi connectivity index (χ1v) is 12.4. The molecule has 2 saturated heterocycles. The van der Waals surface area contributed by atoms with Gasteiger partial charge in [-0.05, 0) is 56.5 Å². The van der Waals surface area contributed by atoms with Crippen molar-refractivity contribution in [3.8, 4) is 0 Å². The first-order valence-electron chi connectivity index (χ1n) is 11.1. The Morgan fingerprint density at radius 3 is 2.19 bits per heavy atom. The molecule has 2 fully saturated rings. The Labute approximate surface area is 188 Å². The van der Waals surface area contributed by atoms with Crippen molar-refractivity contribution in [2.75, 3.05) is 25.1 Å². The van der Waals surface area contributed by atoms with Gasteiger partial charge < -0.3 is 26.0 Å². The lowest BCUT2D eigenvalue weighted by Crippen LogP contribution is -2.56. The van der Waals surface area contributed by atoms with E-state index in [9.17, 15) is 24.3 Å². The molecule has 4 atom stereocenters. The zero-order valence-electron chi connectivity index (χ0n) is 18.7. The van der Waals surface area contributed by atoms with Crippen molar-refractivity contribution >= 4 is 35.5 Å². The molecule has 0 aromatic rings. The van der Waals surface area contributed by atoms with Crippen molar-refractivity contribution in [1.29, 1.82) is 0 Å². The van der Waals surface area contributed by atoms with Crippen LogP contribution in [0.2, 0.25) is 0 Å². The van der Waals surface area contributed by atoms with Crippen LogP contribution in [0.5, 0.6) is 0 Å². The summed E-state index contributed by atoms with van der Waals surface area (Å²) < 4.78 is 0. The predicted octanol–water partition coefficient (Wildman–Crippen LogP) is 0.664. The molecule has 3 amide bonds. The molecule has 9 nitrogen and oxygen atoms in total. The van der Waals surface area contributed by atoms with Gasteiger partial charge in [-0.15, -0.1) is 0 Å². The summed E-state index contributed by atoms with van der Waals surface area (Å²) in [6, 6.07) is -2.95. The Morgan fingerprint density at radius 2 is 1.65 bits per heavy atom. The van der Waals surface area contributed by atoms with Crippen LogP contribution in [0.1, 0.15) is 52.4 Å². The molecule has 176 valence electrons. The van der Waals surface area contributed by atoms with E-state index >= 15 is 0 Å². The van der Waals surface area contributed by atoms with Crippen LogP contribution >= 0.6 is 11.8 Å². The second kappa shape index (κ2) is 11.7. The van der Waals surface area contributed by atoms with Crippen LogP contribution in [0, 0.1) is 5.92 Å². The number of nitrogens with two attached hydrogens (primary N) is 1. The number of amides is 3. The van der Waals surface area contributed by atoms with Crippen LogP contribution in [-0.4, -0.2) is 87.9 Å². The molecule has 2 rings (SSSR count). The van der Waals surface area contributed by atoms with Gasteiger partial charge in [-0.3, -0.25) is 14.4 Å². The molecule has 4 unspecified atom stereocenters. The summed E-state index contributed by atoms with van der Waals surface area (Å²) in [7, 11) is 0. The van der Waals surface area contributed by atoms with Gasteiger partial charge in [-0.1, -0.05) is 13.8 Å². The predicted molar refractivity (Wildman–Crippen MR) is 119 cm³/mol. The second-order valence-corrected chi connectivity index (χ2v) is 9.78. The van der Waals surface area contributed by atoms with Gasteiger partial charge in [0, 0.05) is 13.1 Å². The summed E-state index contributed by atoms with van der Waals surface area (Å²) in [5.74, 6) is -1.07. The third-order valence-corrected chi connectivity index (χ3v) is 6.57. The quantitative estimate of drug-likeness (QED) is 0.440. The number of likely N-dealkylation sites (tertiary alicyclic amines) is 2. The van der Waals surface area contributed by atoms with Crippen LogP contribution in [0.25, 0.3) is 0 Å². The molecule has 0 bridgehead atoms. The fraction of sp³-hybridized carbons (Fsp3) is 0.810. The highest BCUT2D eigenvalue weighted by Crippen LogP contribution is 2.22. The van der Waals surface area contributed by atoms with Crippen molar-refractivity contribution in [3.63, 3.8) is 0 Å². The van der Waals surface area contributed by atoms with Crippen LogP contribution < -0.4 is 11.1 Å². The topological polar surface area (TPSA) is 133 Å². The maximum atomic E-state index is 13.1. The average Bonchev–Trinajstić information content (AvgIpc) is 3.38. The molecule has 2 aliphatic rings. The number of carbonyl (C=O) groups is 4. The number of carboxylic acid groups (broad SMARTS) is 1. The van der Waals surface area contributed by atoms with Gasteiger partial charge in [-0.25, -0.2) is 4.79 Å². The molecule has 4 N–H and O–H groups in total. The molecular weight excluding hydrogens is 420 g/mol. The van der Waals surface area contributed by atoms with E-state index < -0.39 is 30.1 Å². The van der Waals surface area contributed by atoms with Gasteiger partial charge in [0.05, 0.1) is 6.04 Å². The van der Waals surface area contributed by atoms with Gasteiger partial charge in [0.2, 0.25) is 17.7 Å². The van der Waals surface area contributed by atoms with E-state index in [0.29, 0.717) is 57.4 Å². The van der Waals surface area contributed by atoms with E-state index in [2.05, 4.69) is 5.32 Å². The molecule has 0 radical (unpaired) electrons. The third-order valence-electron chi connectivity index (χ3n) is 5.93. The summed E-state index contributed by atoms with van der Waals surface area (Å²) in [5.41, 5.74) is 6.06. The van der Waals surface area contributed by atoms with Crippen molar-refractivity contribution in [2.45, 2.75) is 76.5 Å². The Bertz CT molecular complexity index is 674. The molecular formula is C21H36N4O5S. The van der Waals surface area contributed by atoms with E-state index in [-0.39, 0.29) is 23.6 Å². The van der Waals surface area contributed by atoms with Crippen LogP contribution in [-0.2, 0) is 19.2 Å². The molecule has 31 heavy (non-hydrogen) atoms. The Hall–Kier alpha value is -1.81. The highest BCUT2D eigenvalue weighted by Gasteiger charge is 2.40. The number of thioether (sulfide) groups is 1. The standard InChI is InChI=1S/C21H36N4O5S/c1-13(2)12-14(22)19(27)24-9-4-6-16(24)18(26)23-15(8-11-31-3)20(28)25-10-5-7-17(25)21(29)30/h13-17H,4-12,22H2,1-3H3,(H,23,26)(H,29,30). The van der Waals surface area contributed by atoms with Gasteiger partial charge >= 0.3 is 5.97 Å². The third kappa shape index (κ3) is 6.58. The first-order chi connectivity index (χ1) is 14.7. The largest absolute Gasteiger partial charge is 0.480 e. The van der Waals surface area contributed by atoms with Crippen LogP contribution in [0.4, 0.5) is 0 Å². The van der Waals surface area contributed by atoms with E-state index in [1.165, 1.54) is 9.80 Å². The SMILES string of the molecule is CSCCC(NC(=O)C1CCCN1C(=O)C(N)CC(C)C)C(=O)N1CCCC1C(=O)O. The maximum Gasteiger partial charge on any atom is 0.326 e. The van der Waals surface area contributed by atoms with Gasteiger partial charge in [-0.2, -0.15) is 11.8 Å². The lowest BCUT2D eigenvalue weighted by molar-refractivity contribution is -0.149. The van der Waals surface area contributed by atoms with E-state index in [0.717, 1.165) is 0 Å². The Kier molecular flexibility index (Phi) is 9.61. The smallest absolute Gasteiger partial charge is 0.326 e. The highest BCUT2D eigenvalue weighted by atomic mass is 32.2. The van der Waals surface area contributed by atoms with E-state index in [4.69, 9.17) is 5.73 Å². The fourth-order valence-electron chi connectivity index (χ4n) is 4.37. The Balaban J connectivity index is 2.09. The summed E-state index contributed by atoms with van der Waals surface area (Å²) in [6.45, 7) is 4.83. The normalized spacial score (nSPS) is 23.1. The summed E-state index contributed by atoms with van der Waals surface area (Å²) in [6.07, 6.45) is 5.14. The number of nitrogens with zero attached hydrogens (tertiary/aromatic N) is 2. The summed E-state index contributed by atoms with van der Waals surface area (Å²) >= 11 is 1.55. The van der Waals surface area contributed by atoms with Crippen LogP contribution in [0.3, 0.4) is 0 Å². The maximum absolute atomic E-state index is 13.1. The van der Waals surface area contributed by atoms with Crippen molar-refractivity contribution < 1.29 is 24.3 Å². The van der Waals surface area contributed by atoms with Crippen molar-refractivity contribution in [1.82, 2.24) is 15.1 Å². The highest BCUT2D eigenvalue weighted by molar-refractivity contribution is 7.98. The van der Waals surface area contributed by atoms with Gasteiger partial charge in [0.1, 0.15) is 18.1 Å². The molecule has 2 aliphatic heterocycles. The summed E-state index contributed by atoms with van der Waals surface area (Å²) in [5, 5.41) is 12.2. The van der Waals surface area contributed by atoms with E-state index in [1.807, 2.05) is 20.1 Å². The lowest BCUT2D eigenvalue weighted by atomic mass is 10.0. The van der Waals surface area contributed by atoms with E-state index in [1.54, 1.807) is 11.8 Å². The van der Waals surface area contributed by atoms with Crippen LogP contribution in [0.15, 0.2) is 0 Å². The molecule has 10 heteroatoms. The monoisotopic (exact) mass is 456 g/mol. The molecule has 0 spiro atoms. The first kappa shape index (κ1) is 25.5. The number of hydrogen-bond acceptors (Lipinski definition) is 6. The lowest BCUT2D eigenvalue weighted by Gasteiger charge is -2.30. The number of nitrogens with one attached hydrogen (secondary N) is 1. The number of rotatable bonds is 10. The zero-order valence-corrected chi connectivity index (χ0v) is 19.5.